The summed E-state index contributed by atoms with van der Waals surface area (Å²) in [5.74, 6) is 0.818. The molecule has 3 heterocycles. The molecule has 0 aliphatic carbocycles. The number of pyridine rings is 1. The Balaban J connectivity index is 0.000000186. The number of fused-ring (bicyclic) bond motifs is 4. The van der Waals surface area contributed by atoms with Crippen molar-refractivity contribution in [3.63, 3.8) is 0 Å². The molecule has 0 aliphatic heterocycles. The second-order valence-electron chi connectivity index (χ2n) is 13.0. The van der Waals surface area contributed by atoms with Gasteiger partial charge in [0, 0.05) is 40.5 Å². The van der Waals surface area contributed by atoms with Gasteiger partial charge >= 0.3 is 0 Å². The molecule has 0 saturated carbocycles. The normalized spacial score (nSPS) is 12.6. The predicted octanol–water partition coefficient (Wildman–Crippen LogP) is 10.3. The maximum atomic E-state index is 8.55. The molecule has 0 amide bonds. The van der Waals surface area contributed by atoms with Gasteiger partial charge in [0.1, 0.15) is 5.58 Å². The third-order valence-electron chi connectivity index (χ3n) is 7.82. The zero-order valence-electron chi connectivity index (χ0n) is 29.5. The van der Waals surface area contributed by atoms with E-state index in [0.717, 1.165) is 66.4 Å². The Bertz CT molecular complexity index is 2180. The van der Waals surface area contributed by atoms with Crippen molar-refractivity contribution >= 4 is 46.2 Å². The van der Waals surface area contributed by atoms with Crippen molar-refractivity contribution < 1.29 is 27.3 Å². The molecule has 7 rings (SSSR count). The van der Waals surface area contributed by atoms with E-state index >= 15 is 0 Å². The molecule has 237 valence electrons. The van der Waals surface area contributed by atoms with E-state index < -0.39 is 14.4 Å². The molecule has 0 fully saturated rings. The Labute approximate surface area is 290 Å². The number of aromatic nitrogens is 3. The van der Waals surface area contributed by atoms with Gasteiger partial charge < -0.3 is 14.0 Å². The number of imidazole rings is 1. The van der Waals surface area contributed by atoms with E-state index in [4.69, 9.17) is 12.1 Å². The smallest absolute Gasteiger partial charge is 0.120 e. The molecular formula is C40H41IrN3OSi-2. The molecule has 4 nitrogen and oxygen atoms in total. The number of para-hydroxylation sites is 3. The van der Waals surface area contributed by atoms with E-state index in [0.29, 0.717) is 0 Å². The van der Waals surface area contributed by atoms with Gasteiger partial charge in [-0.2, -0.15) is 0 Å². The summed E-state index contributed by atoms with van der Waals surface area (Å²) in [5, 5.41) is 3.33. The standard InChI is InChI=1S/C22H17N2O.C18H24NSi.Ir/c1-14(2)24-19-12-5-4-11-18(19)23-22(24)17-10-7-9-16-15-8-3-6-13-20(15)25-21(16)17;1-14(2)11-16-12-17(15-9-7-6-8-10-15)19-13-18(16)20(3,4)5;/h3-9,11-14H,1-2H3;6-9,12-14H,11H2,1-5H3;/q2*-1;/i;11D2;. The zero-order chi connectivity index (χ0) is 33.5. The van der Waals surface area contributed by atoms with Crippen molar-refractivity contribution in [2.75, 3.05) is 0 Å². The van der Waals surface area contributed by atoms with Crippen LogP contribution in [-0.4, -0.2) is 22.6 Å². The molecule has 0 atom stereocenters. The van der Waals surface area contributed by atoms with E-state index in [9.17, 15) is 0 Å². The first-order valence-electron chi connectivity index (χ1n) is 16.6. The summed E-state index contributed by atoms with van der Waals surface area (Å²) in [6.45, 7) is 14.9. The number of hydrogen-bond donors (Lipinski definition) is 0. The Hall–Kier alpha value is -3.83. The molecule has 1 radical (unpaired) electrons. The summed E-state index contributed by atoms with van der Waals surface area (Å²) < 4.78 is 25.5. The summed E-state index contributed by atoms with van der Waals surface area (Å²) in [6.07, 6.45) is 0.528. The average Bonchev–Trinajstić information content (AvgIpc) is 3.64. The topological polar surface area (TPSA) is 43.9 Å². The van der Waals surface area contributed by atoms with E-state index in [1.807, 2.05) is 80.7 Å². The molecule has 0 saturated heterocycles. The largest absolute Gasteiger partial charge is 0.501 e. The Morgan fingerprint density at radius 2 is 1.61 bits per heavy atom. The van der Waals surface area contributed by atoms with Gasteiger partial charge in [0.25, 0.3) is 0 Å². The predicted molar refractivity (Wildman–Crippen MR) is 192 cm³/mol. The average molecular weight is 802 g/mol. The van der Waals surface area contributed by atoms with Gasteiger partial charge in [-0.3, -0.25) is 4.98 Å². The molecule has 0 spiro atoms. The molecule has 0 aliphatic rings. The third kappa shape index (κ3) is 6.80. The number of rotatable bonds is 6. The van der Waals surface area contributed by atoms with Gasteiger partial charge in [-0.15, -0.1) is 54.1 Å². The van der Waals surface area contributed by atoms with Crippen LogP contribution in [0.4, 0.5) is 0 Å². The van der Waals surface area contributed by atoms with Crippen molar-refractivity contribution in [3.05, 3.63) is 115 Å². The Kier molecular flexibility index (Phi) is 9.30. The van der Waals surface area contributed by atoms with Gasteiger partial charge in [-0.25, -0.2) is 0 Å². The maximum absolute atomic E-state index is 8.55. The van der Waals surface area contributed by atoms with Crippen molar-refractivity contribution in [1.82, 2.24) is 14.5 Å². The summed E-state index contributed by atoms with van der Waals surface area (Å²) in [5.41, 5.74) is 7.28. The third-order valence-corrected chi connectivity index (χ3v) is 9.83. The van der Waals surface area contributed by atoms with Crippen molar-refractivity contribution in [2.45, 2.75) is 59.8 Å². The van der Waals surface area contributed by atoms with Gasteiger partial charge in [-0.05, 0) is 55.2 Å². The number of nitrogens with zero attached hydrogens (tertiary/aromatic N) is 3. The number of benzene rings is 4. The molecule has 7 aromatic rings. The van der Waals surface area contributed by atoms with Crippen LogP contribution in [0.15, 0.2) is 102 Å². The van der Waals surface area contributed by atoms with E-state index in [1.54, 1.807) is 0 Å². The van der Waals surface area contributed by atoms with E-state index in [-0.39, 0.29) is 32.1 Å². The van der Waals surface area contributed by atoms with E-state index in [2.05, 4.69) is 85.5 Å². The van der Waals surface area contributed by atoms with Crippen molar-refractivity contribution in [1.29, 1.82) is 0 Å². The first-order chi connectivity index (χ1) is 22.4. The van der Waals surface area contributed by atoms with Crippen LogP contribution in [0, 0.1) is 18.1 Å². The monoisotopic (exact) mass is 802 g/mol. The first kappa shape index (κ1) is 30.8. The summed E-state index contributed by atoms with van der Waals surface area (Å²) in [4.78, 5) is 9.48. The second kappa shape index (κ2) is 13.9. The van der Waals surface area contributed by atoms with Crippen LogP contribution in [0.1, 0.15) is 42.0 Å². The fourth-order valence-corrected chi connectivity index (χ4v) is 7.19. The summed E-state index contributed by atoms with van der Waals surface area (Å²) in [7, 11) is -1.67. The molecule has 46 heavy (non-hydrogen) atoms. The van der Waals surface area contributed by atoms with Crippen LogP contribution >= 0.6 is 0 Å². The molecule has 0 N–H and O–H groups in total. The number of furan rings is 1. The van der Waals surface area contributed by atoms with Gasteiger partial charge in [0.15, 0.2) is 0 Å². The van der Waals surface area contributed by atoms with Gasteiger partial charge in [0.05, 0.1) is 30.5 Å². The molecule has 6 heteroatoms. The molecule has 3 aromatic heterocycles. The Morgan fingerprint density at radius 3 is 2.33 bits per heavy atom. The number of hydrogen-bond acceptors (Lipinski definition) is 3. The van der Waals surface area contributed by atoms with Gasteiger partial charge in [0.2, 0.25) is 0 Å². The minimum absolute atomic E-state index is 0. The van der Waals surface area contributed by atoms with Crippen molar-refractivity contribution in [3.8, 4) is 22.6 Å². The molecule has 4 aromatic carbocycles. The van der Waals surface area contributed by atoms with Crippen LogP contribution in [0.2, 0.25) is 19.6 Å². The fourth-order valence-electron chi connectivity index (χ4n) is 5.78. The van der Waals surface area contributed by atoms with Gasteiger partial charge in [-0.1, -0.05) is 86.4 Å². The zero-order valence-corrected chi connectivity index (χ0v) is 30.9. The maximum Gasteiger partial charge on any atom is 0.120 e. The SMILES string of the molecule is CC(C)n1c(-c2[c-]ccc3c2oc2ccccc23)nc2ccccc21.[2H]C([2H])(c1cc(-c2[c-]cccc2)ncc1[Si](C)(C)C)C(C)C.[Ir]. The summed E-state index contributed by atoms with van der Waals surface area (Å²) in [6, 6.07) is 36.9. The summed E-state index contributed by atoms with van der Waals surface area (Å²) >= 11 is 0. The molecule has 0 bridgehead atoms. The minimum atomic E-state index is -1.67. The van der Waals surface area contributed by atoms with Crippen LogP contribution in [0.25, 0.3) is 55.6 Å². The van der Waals surface area contributed by atoms with E-state index in [1.165, 1.54) is 0 Å². The van der Waals surface area contributed by atoms with Crippen molar-refractivity contribution in [2.24, 2.45) is 5.92 Å². The molecule has 0 unspecified atom stereocenters. The quantitative estimate of drug-likeness (QED) is 0.124. The first-order valence-corrected chi connectivity index (χ1v) is 19.1. The van der Waals surface area contributed by atoms with Crippen LogP contribution in [0.5, 0.6) is 0 Å². The minimum Gasteiger partial charge on any atom is -0.501 e. The Morgan fingerprint density at radius 1 is 0.870 bits per heavy atom. The van der Waals surface area contributed by atoms with Crippen LogP contribution < -0.4 is 5.19 Å². The second-order valence-corrected chi connectivity index (χ2v) is 18.1. The van der Waals surface area contributed by atoms with Crippen LogP contribution in [0.3, 0.4) is 0 Å². The van der Waals surface area contributed by atoms with Crippen LogP contribution in [-0.2, 0) is 26.5 Å². The fraction of sp³-hybridized carbons (Fsp3) is 0.250. The molecular weight excluding hydrogens is 759 g/mol.